The smallest absolute Gasteiger partial charge is 0.261 e. The molecule has 3 aromatic carbocycles. The molecule has 1 N–H and O–H groups in total. The highest BCUT2D eigenvalue weighted by Gasteiger charge is 2.34. The fourth-order valence-electron chi connectivity index (χ4n) is 4.84. The Kier molecular flexibility index (Phi) is 6.39. The maximum atomic E-state index is 13.3. The van der Waals surface area contributed by atoms with Gasteiger partial charge in [0.15, 0.2) is 0 Å². The molecule has 2 heterocycles. The highest BCUT2D eigenvalue weighted by molar-refractivity contribution is 7.89. The molecule has 9 heteroatoms. The number of sulfonamides is 1. The summed E-state index contributed by atoms with van der Waals surface area (Å²) < 4.78 is 42.0. The number of hydrogen-bond donors (Lipinski definition) is 1. The van der Waals surface area contributed by atoms with E-state index in [1.54, 1.807) is 18.2 Å². The van der Waals surface area contributed by atoms with Crippen LogP contribution < -0.4 is 4.72 Å². The molecule has 7 nitrogen and oxygen atoms in total. The van der Waals surface area contributed by atoms with E-state index in [1.165, 1.54) is 47.7 Å². The van der Waals surface area contributed by atoms with Gasteiger partial charge < -0.3 is 4.90 Å². The molecule has 2 aliphatic heterocycles. The first-order chi connectivity index (χ1) is 16.8. The first kappa shape index (κ1) is 23.6. The van der Waals surface area contributed by atoms with E-state index in [4.69, 9.17) is 0 Å². The Balaban J connectivity index is 1.44. The van der Waals surface area contributed by atoms with E-state index in [0.717, 1.165) is 25.9 Å². The molecule has 0 atom stereocenters. The molecular weight excluding hydrogens is 469 g/mol. The molecule has 3 aromatic rings. The number of piperidine rings is 1. The first-order valence-electron chi connectivity index (χ1n) is 11.7. The average Bonchev–Trinajstić information content (AvgIpc) is 2.87. The van der Waals surface area contributed by atoms with E-state index in [9.17, 15) is 22.4 Å². The molecule has 5 rings (SSSR count). The van der Waals surface area contributed by atoms with Gasteiger partial charge in [-0.2, -0.15) is 0 Å². The number of rotatable bonds is 7. The molecule has 0 saturated carbocycles. The zero-order chi connectivity index (χ0) is 24.6. The fourth-order valence-corrected chi connectivity index (χ4v) is 6.06. The van der Waals surface area contributed by atoms with Gasteiger partial charge in [0.25, 0.3) is 11.8 Å². The molecule has 1 saturated heterocycles. The summed E-state index contributed by atoms with van der Waals surface area (Å²) in [5.41, 5.74) is 1.25. The summed E-state index contributed by atoms with van der Waals surface area (Å²) in [5, 5.41) is 0.686. The van der Waals surface area contributed by atoms with Gasteiger partial charge in [0.1, 0.15) is 5.82 Å². The third kappa shape index (κ3) is 4.59. The molecular formula is C26H26FN3O4S. The van der Waals surface area contributed by atoms with E-state index in [0.29, 0.717) is 40.6 Å². The van der Waals surface area contributed by atoms with E-state index in [-0.39, 0.29) is 11.4 Å². The van der Waals surface area contributed by atoms with Crippen molar-refractivity contribution in [2.45, 2.75) is 30.7 Å². The number of carbonyl (C=O) groups is 2. The predicted molar refractivity (Wildman–Crippen MR) is 130 cm³/mol. The maximum absolute atomic E-state index is 13.3. The van der Waals surface area contributed by atoms with Gasteiger partial charge in [-0.3, -0.25) is 14.5 Å². The van der Waals surface area contributed by atoms with Gasteiger partial charge in [-0.25, -0.2) is 17.5 Å². The van der Waals surface area contributed by atoms with Gasteiger partial charge in [-0.05, 0) is 61.8 Å². The number of imide groups is 1. The Morgan fingerprint density at radius 3 is 2.23 bits per heavy atom. The second-order valence-electron chi connectivity index (χ2n) is 8.95. The monoisotopic (exact) mass is 495 g/mol. The molecule has 0 bridgehead atoms. The zero-order valence-corrected chi connectivity index (χ0v) is 20.0. The summed E-state index contributed by atoms with van der Waals surface area (Å²) >= 11 is 0. The number of hydrogen-bond acceptors (Lipinski definition) is 5. The van der Waals surface area contributed by atoms with Crippen molar-refractivity contribution in [3.05, 3.63) is 77.1 Å². The minimum absolute atomic E-state index is 0.0115. The highest BCUT2D eigenvalue weighted by atomic mass is 32.2. The van der Waals surface area contributed by atoms with Crippen LogP contribution in [0, 0.1) is 5.82 Å². The summed E-state index contributed by atoms with van der Waals surface area (Å²) in [5.74, 6) is -1.21. The quantitative estimate of drug-likeness (QED) is 0.507. The lowest BCUT2D eigenvalue weighted by atomic mass is 9.94. The normalized spacial score (nSPS) is 16.8. The molecule has 0 radical (unpaired) electrons. The van der Waals surface area contributed by atoms with E-state index in [2.05, 4.69) is 9.62 Å². The Labute approximate surface area is 203 Å². The molecule has 0 aromatic heterocycles. The Morgan fingerprint density at radius 2 is 1.51 bits per heavy atom. The SMILES string of the molecule is O=C1c2cccc3c(S(=O)(=O)NCc4ccc(F)cc4)ccc(c23)C(=O)N1CCN1CCCCC1. The molecule has 0 spiro atoms. The van der Waals surface area contributed by atoms with Crippen LogP contribution in [0.5, 0.6) is 0 Å². The number of halogens is 1. The number of nitrogens with one attached hydrogen (secondary N) is 1. The molecule has 1 fully saturated rings. The Bertz CT molecular complexity index is 1380. The summed E-state index contributed by atoms with van der Waals surface area (Å²) in [7, 11) is -3.97. The van der Waals surface area contributed by atoms with Crippen LogP contribution in [0.25, 0.3) is 10.8 Å². The van der Waals surface area contributed by atoms with Crippen molar-refractivity contribution in [2.75, 3.05) is 26.2 Å². The number of likely N-dealkylation sites (tertiary alicyclic amines) is 1. The van der Waals surface area contributed by atoms with Gasteiger partial charge in [0.2, 0.25) is 10.0 Å². The number of amides is 2. The number of nitrogens with zero attached hydrogens (tertiary/aromatic N) is 2. The van der Waals surface area contributed by atoms with Crippen LogP contribution in [-0.4, -0.2) is 56.2 Å². The third-order valence-corrected chi connectivity index (χ3v) is 8.17. The highest BCUT2D eigenvalue weighted by Crippen LogP contribution is 2.34. The zero-order valence-electron chi connectivity index (χ0n) is 19.2. The number of carbonyl (C=O) groups excluding carboxylic acids is 2. The van der Waals surface area contributed by atoms with Gasteiger partial charge >= 0.3 is 0 Å². The molecule has 2 amide bonds. The lowest BCUT2D eigenvalue weighted by Gasteiger charge is -2.31. The van der Waals surface area contributed by atoms with Gasteiger partial charge in [-0.1, -0.05) is 30.7 Å². The fraction of sp³-hybridized carbons (Fsp3) is 0.308. The van der Waals surface area contributed by atoms with Crippen molar-refractivity contribution in [3.8, 4) is 0 Å². The van der Waals surface area contributed by atoms with Crippen LogP contribution in [0.2, 0.25) is 0 Å². The lowest BCUT2D eigenvalue weighted by Crippen LogP contribution is -2.45. The summed E-state index contributed by atoms with van der Waals surface area (Å²) in [6.07, 6.45) is 3.45. The second kappa shape index (κ2) is 9.49. The van der Waals surface area contributed by atoms with Crippen LogP contribution in [0.15, 0.2) is 59.5 Å². The summed E-state index contributed by atoms with van der Waals surface area (Å²) in [4.78, 5) is 30.1. The molecule has 35 heavy (non-hydrogen) atoms. The molecule has 2 aliphatic rings. The second-order valence-corrected chi connectivity index (χ2v) is 10.7. The van der Waals surface area contributed by atoms with Gasteiger partial charge in [0, 0.05) is 41.5 Å². The van der Waals surface area contributed by atoms with Crippen LogP contribution in [0.1, 0.15) is 45.5 Å². The topological polar surface area (TPSA) is 86.8 Å². The summed E-state index contributed by atoms with van der Waals surface area (Å²) in [6, 6.07) is 13.3. The van der Waals surface area contributed by atoms with E-state index < -0.39 is 27.7 Å². The van der Waals surface area contributed by atoms with Crippen molar-refractivity contribution < 1.29 is 22.4 Å². The van der Waals surface area contributed by atoms with Crippen molar-refractivity contribution in [3.63, 3.8) is 0 Å². The van der Waals surface area contributed by atoms with Crippen molar-refractivity contribution in [2.24, 2.45) is 0 Å². The standard InChI is InChI=1S/C26H26FN3O4S/c27-19-9-7-18(8-10-19)17-28-35(33,34)23-12-11-22-24-20(23)5-4-6-21(24)25(31)30(26(22)32)16-15-29-13-2-1-3-14-29/h4-12,28H,1-3,13-17H2. The van der Waals surface area contributed by atoms with Gasteiger partial charge in [-0.15, -0.1) is 0 Å². The minimum Gasteiger partial charge on any atom is -0.302 e. The van der Waals surface area contributed by atoms with Crippen LogP contribution in [-0.2, 0) is 16.6 Å². The third-order valence-electron chi connectivity index (χ3n) is 6.71. The van der Waals surface area contributed by atoms with Gasteiger partial charge in [0.05, 0.1) is 4.90 Å². The largest absolute Gasteiger partial charge is 0.302 e. The first-order valence-corrected chi connectivity index (χ1v) is 13.2. The van der Waals surface area contributed by atoms with Crippen LogP contribution in [0.4, 0.5) is 4.39 Å². The average molecular weight is 496 g/mol. The van der Waals surface area contributed by atoms with Crippen molar-refractivity contribution in [1.29, 1.82) is 0 Å². The lowest BCUT2D eigenvalue weighted by molar-refractivity contribution is 0.0588. The van der Waals surface area contributed by atoms with E-state index >= 15 is 0 Å². The molecule has 0 unspecified atom stereocenters. The molecule has 182 valence electrons. The minimum atomic E-state index is -3.97. The van der Waals surface area contributed by atoms with Crippen molar-refractivity contribution >= 4 is 32.6 Å². The number of benzene rings is 3. The predicted octanol–water partition coefficient (Wildman–Crippen LogP) is 3.54. The molecule has 0 aliphatic carbocycles. The Hall–Kier alpha value is -3.14. The van der Waals surface area contributed by atoms with E-state index in [1.807, 2.05) is 0 Å². The maximum Gasteiger partial charge on any atom is 0.261 e. The van der Waals surface area contributed by atoms with Crippen molar-refractivity contribution in [1.82, 2.24) is 14.5 Å². The van der Waals surface area contributed by atoms with Crippen LogP contribution in [0.3, 0.4) is 0 Å². The summed E-state index contributed by atoms with van der Waals surface area (Å²) in [6.45, 7) is 2.84. The van der Waals surface area contributed by atoms with Crippen LogP contribution >= 0.6 is 0 Å². The Morgan fingerprint density at radius 1 is 0.829 bits per heavy atom.